The summed E-state index contributed by atoms with van der Waals surface area (Å²) in [6.07, 6.45) is 1.53. The Balaban J connectivity index is 2.54. The zero-order chi connectivity index (χ0) is 9.42. The van der Waals surface area contributed by atoms with Crippen molar-refractivity contribution < 1.29 is 4.79 Å². The van der Waals surface area contributed by atoms with Crippen LogP contribution in [0, 0.1) is 0 Å². The van der Waals surface area contributed by atoms with E-state index in [0.717, 1.165) is 0 Å². The van der Waals surface area contributed by atoms with Gasteiger partial charge in [-0.05, 0) is 6.07 Å². The lowest BCUT2D eigenvalue weighted by Crippen LogP contribution is -2.25. The normalized spacial score (nSPS) is 14.5. The van der Waals surface area contributed by atoms with Gasteiger partial charge in [0.1, 0.15) is 11.5 Å². The number of anilines is 3. The number of nitrogens with one attached hydrogen (secondary N) is 2. The molecule has 0 aromatic carbocycles. The van der Waals surface area contributed by atoms with Gasteiger partial charge in [0.2, 0.25) is 0 Å². The topological polar surface area (TPSA) is 80.0 Å². The second kappa shape index (κ2) is 2.48. The Bertz CT molecular complexity index is 399. The van der Waals surface area contributed by atoms with E-state index in [1.807, 2.05) is 0 Å². The number of nitrogens with two attached hydrogens (primary N) is 1. The number of hydrogen-bond acceptors (Lipinski definition) is 4. The molecule has 0 fully saturated rings. The van der Waals surface area contributed by atoms with E-state index in [9.17, 15) is 4.79 Å². The molecule has 0 radical (unpaired) electrons. The molecule has 5 heteroatoms. The average molecular weight is 176 g/mol. The van der Waals surface area contributed by atoms with Crippen LogP contribution in [-0.2, 0) is 4.79 Å². The maximum absolute atomic E-state index is 11.1. The first-order valence-electron chi connectivity index (χ1n) is 3.70. The second-order valence-corrected chi connectivity index (χ2v) is 2.68. The van der Waals surface area contributed by atoms with Crippen molar-refractivity contribution >= 4 is 23.1 Å². The molecular weight excluding hydrogens is 168 g/mol. The van der Waals surface area contributed by atoms with Gasteiger partial charge in [0.05, 0.1) is 11.4 Å². The van der Waals surface area contributed by atoms with Crippen molar-refractivity contribution in [3.8, 4) is 0 Å². The highest BCUT2D eigenvalue weighted by Gasteiger charge is 2.19. The van der Waals surface area contributed by atoms with Crippen LogP contribution in [0.1, 0.15) is 0 Å². The van der Waals surface area contributed by atoms with Crippen LogP contribution in [0.15, 0.2) is 24.5 Å². The number of fused-ring (bicyclic) bond motifs is 1. The summed E-state index contributed by atoms with van der Waals surface area (Å²) in [7, 11) is 0. The number of hydrogen-bond donors (Lipinski definition) is 3. The van der Waals surface area contributed by atoms with E-state index in [4.69, 9.17) is 5.73 Å². The van der Waals surface area contributed by atoms with Crippen molar-refractivity contribution in [2.45, 2.75) is 0 Å². The molecule has 0 bridgehead atoms. The van der Waals surface area contributed by atoms with E-state index >= 15 is 0 Å². The molecule has 66 valence electrons. The third kappa shape index (κ3) is 1.10. The Morgan fingerprint density at radius 1 is 1.46 bits per heavy atom. The summed E-state index contributed by atoms with van der Waals surface area (Å²) in [6.45, 7) is 3.53. The number of carbonyl (C=O) groups excluding carboxylic acids is 1. The maximum Gasteiger partial charge on any atom is 0.271 e. The molecule has 1 aliphatic rings. The fourth-order valence-electron chi connectivity index (χ4n) is 1.12. The molecule has 0 spiro atoms. The summed E-state index contributed by atoms with van der Waals surface area (Å²) >= 11 is 0. The average Bonchev–Trinajstić information content (AvgIpc) is 2.09. The number of nitrogens with zero attached hydrogens (tertiary/aromatic N) is 1. The summed E-state index contributed by atoms with van der Waals surface area (Å²) < 4.78 is 0. The molecule has 13 heavy (non-hydrogen) atoms. The van der Waals surface area contributed by atoms with Crippen molar-refractivity contribution in [2.75, 3.05) is 16.4 Å². The van der Waals surface area contributed by atoms with Gasteiger partial charge >= 0.3 is 0 Å². The molecule has 0 saturated carbocycles. The molecule has 0 saturated heterocycles. The van der Waals surface area contributed by atoms with Gasteiger partial charge in [0, 0.05) is 6.20 Å². The number of pyridine rings is 1. The Morgan fingerprint density at radius 3 is 3.00 bits per heavy atom. The van der Waals surface area contributed by atoms with E-state index in [2.05, 4.69) is 22.2 Å². The predicted octanol–water partition coefficient (Wildman–Crippen LogP) is 0.541. The monoisotopic (exact) mass is 176 g/mol. The van der Waals surface area contributed by atoms with Gasteiger partial charge in [0.15, 0.2) is 0 Å². The van der Waals surface area contributed by atoms with E-state index in [1.165, 1.54) is 6.20 Å². The first-order valence-corrected chi connectivity index (χ1v) is 3.70. The Morgan fingerprint density at radius 2 is 2.23 bits per heavy atom. The van der Waals surface area contributed by atoms with Gasteiger partial charge in [-0.3, -0.25) is 4.79 Å². The summed E-state index contributed by atoms with van der Waals surface area (Å²) in [5, 5.41) is 5.41. The first kappa shape index (κ1) is 7.60. The molecule has 2 heterocycles. The predicted molar refractivity (Wildman–Crippen MR) is 50.0 cm³/mol. The Labute approximate surface area is 74.7 Å². The van der Waals surface area contributed by atoms with Crippen molar-refractivity contribution in [1.29, 1.82) is 0 Å². The number of carbonyl (C=O) groups is 1. The lowest BCUT2D eigenvalue weighted by atomic mass is 10.2. The van der Waals surface area contributed by atoms with E-state index in [1.54, 1.807) is 6.07 Å². The fourth-order valence-corrected chi connectivity index (χ4v) is 1.12. The van der Waals surface area contributed by atoms with E-state index in [-0.39, 0.29) is 11.6 Å². The molecule has 1 aromatic heterocycles. The van der Waals surface area contributed by atoms with Crippen LogP contribution in [0.5, 0.6) is 0 Å². The van der Waals surface area contributed by atoms with Crippen LogP contribution < -0.4 is 16.4 Å². The highest BCUT2D eigenvalue weighted by molar-refractivity contribution is 6.11. The number of nitrogen functional groups attached to an aromatic ring is 1. The standard InChI is InChI=1S/C8H8N4O/c1-4-8(13)12-5-2-3-10-7(9)6(5)11-4/h2-3,11H,1H2,(H2,9,10)(H,12,13). The largest absolute Gasteiger partial charge is 0.382 e. The van der Waals surface area contributed by atoms with Gasteiger partial charge in [0.25, 0.3) is 5.91 Å². The third-order valence-electron chi connectivity index (χ3n) is 1.78. The van der Waals surface area contributed by atoms with Gasteiger partial charge in [-0.2, -0.15) is 0 Å². The minimum absolute atomic E-state index is 0.252. The molecule has 2 rings (SSSR count). The number of amides is 1. The molecule has 4 N–H and O–H groups in total. The second-order valence-electron chi connectivity index (χ2n) is 2.68. The molecule has 1 aromatic rings. The van der Waals surface area contributed by atoms with Gasteiger partial charge in [-0.25, -0.2) is 4.98 Å². The highest BCUT2D eigenvalue weighted by atomic mass is 16.2. The Kier molecular flexibility index (Phi) is 1.45. The first-order chi connectivity index (χ1) is 6.18. The van der Waals surface area contributed by atoms with Crippen molar-refractivity contribution in [2.24, 2.45) is 0 Å². The maximum atomic E-state index is 11.1. The van der Waals surface area contributed by atoms with Gasteiger partial charge in [-0.15, -0.1) is 0 Å². The van der Waals surface area contributed by atoms with Crippen LogP contribution in [0.4, 0.5) is 17.2 Å². The zero-order valence-corrected chi connectivity index (χ0v) is 6.79. The number of rotatable bonds is 0. The van der Waals surface area contributed by atoms with Crippen molar-refractivity contribution in [3.05, 3.63) is 24.5 Å². The molecular formula is C8H8N4O. The molecule has 0 atom stereocenters. The fraction of sp³-hybridized carbons (Fsp3) is 0. The molecule has 1 amide bonds. The molecule has 0 aliphatic carbocycles. The van der Waals surface area contributed by atoms with Crippen molar-refractivity contribution in [3.63, 3.8) is 0 Å². The van der Waals surface area contributed by atoms with Gasteiger partial charge < -0.3 is 16.4 Å². The summed E-state index contributed by atoms with van der Waals surface area (Å²) in [4.78, 5) is 15.0. The van der Waals surface area contributed by atoms with Gasteiger partial charge in [-0.1, -0.05) is 6.58 Å². The lowest BCUT2D eigenvalue weighted by molar-refractivity contribution is -0.112. The molecule has 0 unspecified atom stereocenters. The minimum atomic E-state index is -0.252. The molecule has 1 aliphatic heterocycles. The minimum Gasteiger partial charge on any atom is -0.382 e. The Hall–Kier alpha value is -2.04. The number of aromatic nitrogens is 1. The van der Waals surface area contributed by atoms with Crippen molar-refractivity contribution in [1.82, 2.24) is 4.98 Å². The van der Waals surface area contributed by atoms with Crippen LogP contribution in [0.25, 0.3) is 0 Å². The third-order valence-corrected chi connectivity index (χ3v) is 1.78. The van der Waals surface area contributed by atoms with E-state index < -0.39 is 0 Å². The van der Waals surface area contributed by atoms with Crippen LogP contribution in [0.3, 0.4) is 0 Å². The quantitative estimate of drug-likeness (QED) is 0.504. The lowest BCUT2D eigenvalue weighted by Gasteiger charge is -2.20. The molecule has 5 nitrogen and oxygen atoms in total. The van der Waals surface area contributed by atoms with Crippen LogP contribution >= 0.6 is 0 Å². The SMILES string of the molecule is C=C1Nc2c(ccnc2N)NC1=O. The highest BCUT2D eigenvalue weighted by Crippen LogP contribution is 2.30. The summed E-state index contributed by atoms with van der Waals surface area (Å²) in [5.74, 6) is 0.0942. The summed E-state index contributed by atoms with van der Waals surface area (Å²) in [5.41, 5.74) is 7.09. The zero-order valence-electron chi connectivity index (χ0n) is 6.79. The van der Waals surface area contributed by atoms with Crippen LogP contribution in [-0.4, -0.2) is 10.9 Å². The summed E-state index contributed by atoms with van der Waals surface area (Å²) in [6, 6.07) is 1.67. The smallest absolute Gasteiger partial charge is 0.271 e. The van der Waals surface area contributed by atoms with E-state index in [0.29, 0.717) is 17.2 Å². The van der Waals surface area contributed by atoms with Crippen LogP contribution in [0.2, 0.25) is 0 Å².